The zero-order chi connectivity index (χ0) is 19.0. The summed E-state index contributed by atoms with van der Waals surface area (Å²) in [5.41, 5.74) is 2.60. The van der Waals surface area contributed by atoms with Gasteiger partial charge in [-0.15, -0.1) is 0 Å². The molecule has 1 heterocycles. The highest BCUT2D eigenvalue weighted by molar-refractivity contribution is 9.10. The van der Waals surface area contributed by atoms with Crippen LogP contribution in [0.3, 0.4) is 0 Å². The molecule has 140 valence electrons. The van der Waals surface area contributed by atoms with E-state index in [-0.39, 0.29) is 23.7 Å². The molecule has 2 amide bonds. The molecule has 2 aliphatic rings. The van der Waals surface area contributed by atoms with Crippen molar-refractivity contribution in [1.29, 1.82) is 0 Å². The van der Waals surface area contributed by atoms with Gasteiger partial charge in [-0.2, -0.15) is 0 Å². The van der Waals surface area contributed by atoms with Gasteiger partial charge in [0.25, 0.3) is 0 Å². The lowest BCUT2D eigenvalue weighted by molar-refractivity contribution is -0.118. The first-order valence-corrected chi connectivity index (χ1v) is 9.91. The van der Waals surface area contributed by atoms with Gasteiger partial charge in [0.15, 0.2) is 0 Å². The van der Waals surface area contributed by atoms with E-state index in [1.165, 1.54) is 5.56 Å². The average Bonchev–Trinajstić information content (AvgIpc) is 3.36. The number of halogens is 1. The number of ether oxygens (including phenoxy) is 1. The number of anilines is 2. The standard InChI is InChI=1S/C21H21BrN2O3/c1-27-19-9-8-15(11-18(19)24-10-2-3-20(24)25)23-21(26)17-12-16(17)13-4-6-14(22)7-5-13/h4-9,11,16-17H,2-3,10,12H2,1H3,(H,23,26). The van der Waals surface area contributed by atoms with Crippen molar-refractivity contribution in [3.8, 4) is 5.75 Å². The van der Waals surface area contributed by atoms with Crippen molar-refractivity contribution in [2.45, 2.75) is 25.2 Å². The van der Waals surface area contributed by atoms with E-state index in [1.54, 1.807) is 18.1 Å². The van der Waals surface area contributed by atoms with Gasteiger partial charge in [0, 0.05) is 29.0 Å². The second kappa shape index (κ2) is 7.35. The summed E-state index contributed by atoms with van der Waals surface area (Å²) in [4.78, 5) is 26.5. The number of nitrogens with zero attached hydrogens (tertiary/aromatic N) is 1. The SMILES string of the molecule is COc1ccc(NC(=O)C2CC2c2ccc(Br)cc2)cc1N1CCCC1=O. The minimum Gasteiger partial charge on any atom is -0.495 e. The van der Waals surface area contributed by atoms with Gasteiger partial charge in [-0.3, -0.25) is 9.59 Å². The van der Waals surface area contributed by atoms with E-state index in [1.807, 2.05) is 24.3 Å². The van der Waals surface area contributed by atoms with E-state index in [9.17, 15) is 9.59 Å². The topological polar surface area (TPSA) is 58.6 Å². The molecule has 1 saturated heterocycles. The Labute approximate surface area is 166 Å². The van der Waals surface area contributed by atoms with Crippen molar-refractivity contribution in [3.05, 3.63) is 52.5 Å². The second-order valence-corrected chi connectivity index (χ2v) is 7.94. The van der Waals surface area contributed by atoms with Crippen LogP contribution in [0, 0.1) is 5.92 Å². The van der Waals surface area contributed by atoms with Gasteiger partial charge >= 0.3 is 0 Å². The first-order chi connectivity index (χ1) is 13.1. The molecule has 2 atom stereocenters. The Hall–Kier alpha value is -2.34. The van der Waals surface area contributed by atoms with E-state index < -0.39 is 0 Å². The number of carbonyl (C=O) groups is 2. The smallest absolute Gasteiger partial charge is 0.228 e. The summed E-state index contributed by atoms with van der Waals surface area (Å²) >= 11 is 3.44. The minimum atomic E-state index is -0.00912. The highest BCUT2D eigenvalue weighted by Crippen LogP contribution is 2.48. The Morgan fingerprint density at radius 3 is 2.67 bits per heavy atom. The largest absolute Gasteiger partial charge is 0.495 e. The highest BCUT2D eigenvalue weighted by Gasteiger charge is 2.43. The van der Waals surface area contributed by atoms with Crippen LogP contribution >= 0.6 is 15.9 Å². The average molecular weight is 429 g/mol. The van der Waals surface area contributed by atoms with Crippen LogP contribution in [-0.2, 0) is 9.59 Å². The van der Waals surface area contributed by atoms with Crippen LogP contribution < -0.4 is 15.0 Å². The monoisotopic (exact) mass is 428 g/mol. The normalized spacial score (nSPS) is 21.3. The van der Waals surface area contributed by atoms with Crippen molar-refractivity contribution in [2.75, 3.05) is 23.9 Å². The van der Waals surface area contributed by atoms with Gasteiger partial charge in [-0.1, -0.05) is 28.1 Å². The van der Waals surface area contributed by atoms with Crippen LogP contribution in [0.25, 0.3) is 0 Å². The summed E-state index contributed by atoms with van der Waals surface area (Å²) in [7, 11) is 1.59. The number of hydrogen-bond donors (Lipinski definition) is 1. The van der Waals surface area contributed by atoms with Crippen LogP contribution in [0.1, 0.15) is 30.7 Å². The van der Waals surface area contributed by atoms with E-state index in [4.69, 9.17) is 4.74 Å². The van der Waals surface area contributed by atoms with Crippen molar-refractivity contribution in [3.63, 3.8) is 0 Å². The quantitative estimate of drug-likeness (QED) is 0.770. The summed E-state index contributed by atoms with van der Waals surface area (Å²) in [5.74, 6) is 1.02. The Morgan fingerprint density at radius 2 is 2.00 bits per heavy atom. The third-order valence-electron chi connectivity index (χ3n) is 5.24. The first kappa shape index (κ1) is 18.0. The summed E-state index contributed by atoms with van der Waals surface area (Å²) in [6, 6.07) is 13.6. The summed E-state index contributed by atoms with van der Waals surface area (Å²) in [5, 5.41) is 3.00. The van der Waals surface area contributed by atoms with Crippen LogP contribution in [0.15, 0.2) is 46.9 Å². The van der Waals surface area contributed by atoms with Crippen molar-refractivity contribution in [2.24, 2.45) is 5.92 Å². The number of benzene rings is 2. The molecule has 0 aromatic heterocycles. The molecule has 1 aliphatic heterocycles. The van der Waals surface area contributed by atoms with E-state index in [2.05, 4.69) is 33.4 Å². The number of methoxy groups -OCH3 is 1. The third kappa shape index (κ3) is 3.72. The maximum atomic E-state index is 12.6. The lowest BCUT2D eigenvalue weighted by Crippen LogP contribution is -2.24. The van der Waals surface area contributed by atoms with Gasteiger partial charge < -0.3 is 15.0 Å². The second-order valence-electron chi connectivity index (χ2n) is 7.03. The fraction of sp³-hybridized carbons (Fsp3) is 0.333. The maximum Gasteiger partial charge on any atom is 0.228 e. The van der Waals surface area contributed by atoms with E-state index in [0.717, 1.165) is 23.0 Å². The lowest BCUT2D eigenvalue weighted by Gasteiger charge is -2.20. The Kier molecular flexibility index (Phi) is 4.91. The Morgan fingerprint density at radius 1 is 1.22 bits per heavy atom. The molecule has 0 spiro atoms. The first-order valence-electron chi connectivity index (χ1n) is 9.11. The van der Waals surface area contributed by atoms with Crippen LogP contribution in [0.4, 0.5) is 11.4 Å². The molecule has 6 heteroatoms. The summed E-state index contributed by atoms with van der Waals surface area (Å²) in [6.07, 6.45) is 2.26. The van der Waals surface area contributed by atoms with E-state index in [0.29, 0.717) is 24.4 Å². The van der Waals surface area contributed by atoms with E-state index >= 15 is 0 Å². The zero-order valence-corrected chi connectivity index (χ0v) is 16.7. The van der Waals surface area contributed by atoms with Gasteiger partial charge in [0.2, 0.25) is 11.8 Å². The molecule has 5 nitrogen and oxygen atoms in total. The Balaban J connectivity index is 1.47. The van der Waals surface area contributed by atoms with Crippen molar-refractivity contribution in [1.82, 2.24) is 0 Å². The number of amides is 2. The van der Waals surface area contributed by atoms with Crippen LogP contribution in [-0.4, -0.2) is 25.5 Å². The molecular formula is C21H21BrN2O3. The third-order valence-corrected chi connectivity index (χ3v) is 5.76. The molecule has 0 radical (unpaired) electrons. The molecule has 2 aromatic rings. The molecular weight excluding hydrogens is 408 g/mol. The molecule has 1 saturated carbocycles. The van der Waals surface area contributed by atoms with Crippen LogP contribution in [0.5, 0.6) is 5.75 Å². The molecule has 2 fully saturated rings. The molecule has 27 heavy (non-hydrogen) atoms. The molecule has 2 aromatic carbocycles. The van der Waals surface area contributed by atoms with Crippen molar-refractivity contribution < 1.29 is 14.3 Å². The number of hydrogen-bond acceptors (Lipinski definition) is 3. The number of nitrogens with one attached hydrogen (secondary N) is 1. The maximum absolute atomic E-state index is 12.6. The van der Waals surface area contributed by atoms with Gasteiger partial charge in [0.1, 0.15) is 5.75 Å². The van der Waals surface area contributed by atoms with Crippen molar-refractivity contribution >= 4 is 39.1 Å². The summed E-state index contributed by atoms with van der Waals surface area (Å²) in [6.45, 7) is 0.681. The Bertz CT molecular complexity index is 881. The molecule has 1 aliphatic carbocycles. The van der Waals surface area contributed by atoms with Gasteiger partial charge in [-0.05, 0) is 54.7 Å². The lowest BCUT2D eigenvalue weighted by atomic mass is 10.1. The fourth-order valence-corrected chi connectivity index (χ4v) is 3.94. The van der Waals surface area contributed by atoms with Crippen LogP contribution in [0.2, 0.25) is 0 Å². The predicted octanol–water partition coefficient (Wildman–Crippen LogP) is 4.33. The number of carbonyl (C=O) groups excluding carboxylic acids is 2. The molecule has 0 bridgehead atoms. The minimum absolute atomic E-state index is 0.00912. The summed E-state index contributed by atoms with van der Waals surface area (Å²) < 4.78 is 6.44. The zero-order valence-electron chi connectivity index (χ0n) is 15.1. The van der Waals surface area contributed by atoms with Gasteiger partial charge in [-0.25, -0.2) is 0 Å². The highest BCUT2D eigenvalue weighted by atomic mass is 79.9. The molecule has 2 unspecified atom stereocenters. The molecule has 4 rings (SSSR count). The molecule has 1 N–H and O–H groups in total. The van der Waals surface area contributed by atoms with Gasteiger partial charge in [0.05, 0.1) is 12.8 Å². The number of rotatable bonds is 5. The predicted molar refractivity (Wildman–Crippen MR) is 108 cm³/mol. The fourth-order valence-electron chi connectivity index (χ4n) is 3.68.